The highest BCUT2D eigenvalue weighted by Gasteiger charge is 2.46. The predicted octanol–water partition coefficient (Wildman–Crippen LogP) is 3.12. The number of ketones is 2. The molecule has 0 spiro atoms. The summed E-state index contributed by atoms with van der Waals surface area (Å²) in [5.41, 5.74) is 0.484. The molecule has 0 radical (unpaired) electrons. The fourth-order valence-corrected chi connectivity index (χ4v) is 7.73. The Kier molecular flexibility index (Phi) is 9.01. The summed E-state index contributed by atoms with van der Waals surface area (Å²) >= 11 is 0. The van der Waals surface area contributed by atoms with Gasteiger partial charge in [0.2, 0.25) is 11.8 Å². The molecular formula is C37H44N4O10. The molecule has 4 aliphatic heterocycles. The molecule has 2 unspecified atom stereocenters. The summed E-state index contributed by atoms with van der Waals surface area (Å²) in [6.45, 7) is 8.55. The third-order valence-corrected chi connectivity index (χ3v) is 9.98. The lowest BCUT2D eigenvalue weighted by atomic mass is 9.76. The minimum atomic E-state index is -0.831. The van der Waals surface area contributed by atoms with Gasteiger partial charge in [0.05, 0.1) is 63.0 Å². The standard InChI is InChI=1S/C37H44N4O10/c1-36(2,18-50-30-13-24-22(11-28(30)48-7)32(44)40-15-20(42)9-26(40)34(46)38(24)5)17-37(3,4)19-51-31-14-25-23(12-29(31)49-8)33(45)41-16-21(43)10-27(41)35(47)39(25)6/h11-14,26-27H,9-10,15-19H2,1-8H3. The molecule has 4 aliphatic rings. The molecule has 2 aromatic rings. The Morgan fingerprint density at radius 2 is 0.980 bits per heavy atom. The van der Waals surface area contributed by atoms with Crippen molar-refractivity contribution in [3.8, 4) is 23.0 Å². The third-order valence-electron chi connectivity index (χ3n) is 9.98. The van der Waals surface area contributed by atoms with Crippen LogP contribution in [0.5, 0.6) is 23.0 Å². The molecule has 0 N–H and O–H groups in total. The van der Waals surface area contributed by atoms with Crippen molar-refractivity contribution in [2.75, 3.05) is 64.4 Å². The molecule has 14 nitrogen and oxygen atoms in total. The van der Waals surface area contributed by atoms with Gasteiger partial charge in [-0.05, 0) is 29.4 Å². The summed E-state index contributed by atoms with van der Waals surface area (Å²) in [7, 11) is 6.12. The van der Waals surface area contributed by atoms with Crippen molar-refractivity contribution in [2.45, 2.75) is 59.0 Å². The van der Waals surface area contributed by atoms with Crippen molar-refractivity contribution in [1.82, 2.24) is 9.80 Å². The summed E-state index contributed by atoms with van der Waals surface area (Å²) in [6, 6.07) is 4.73. The molecule has 2 atom stereocenters. The fourth-order valence-electron chi connectivity index (χ4n) is 7.73. The van der Waals surface area contributed by atoms with E-state index < -0.39 is 34.7 Å². The van der Waals surface area contributed by atoms with Gasteiger partial charge in [0, 0.05) is 39.1 Å². The average Bonchev–Trinajstić information content (AvgIpc) is 3.65. The Hall–Kier alpha value is -5.14. The van der Waals surface area contributed by atoms with E-state index in [-0.39, 0.29) is 73.7 Å². The number of Topliss-reactive ketones (excluding diaryl/α,β-unsaturated/α-hetero) is 2. The van der Waals surface area contributed by atoms with Gasteiger partial charge in [-0.25, -0.2) is 0 Å². The number of hydrogen-bond acceptors (Lipinski definition) is 10. The number of carbonyl (C=O) groups is 6. The molecule has 2 aromatic carbocycles. The molecule has 2 saturated heterocycles. The number of rotatable bonds is 10. The van der Waals surface area contributed by atoms with Crippen LogP contribution in [0.3, 0.4) is 0 Å². The highest BCUT2D eigenvalue weighted by atomic mass is 16.5. The monoisotopic (exact) mass is 704 g/mol. The first-order valence-corrected chi connectivity index (χ1v) is 16.9. The number of fused-ring (bicyclic) bond motifs is 4. The van der Waals surface area contributed by atoms with Gasteiger partial charge in [-0.1, -0.05) is 27.7 Å². The predicted molar refractivity (Wildman–Crippen MR) is 185 cm³/mol. The fraction of sp³-hybridized carbons (Fsp3) is 0.514. The van der Waals surface area contributed by atoms with Gasteiger partial charge in [0.1, 0.15) is 12.1 Å². The first kappa shape index (κ1) is 35.7. The molecular weight excluding hydrogens is 660 g/mol. The Morgan fingerprint density at radius 3 is 1.33 bits per heavy atom. The van der Waals surface area contributed by atoms with E-state index in [1.54, 1.807) is 38.4 Å². The third kappa shape index (κ3) is 6.47. The summed E-state index contributed by atoms with van der Waals surface area (Å²) in [6.07, 6.45) is 0.633. The largest absolute Gasteiger partial charge is 0.493 e. The van der Waals surface area contributed by atoms with Crippen LogP contribution >= 0.6 is 0 Å². The number of carbonyl (C=O) groups excluding carboxylic acids is 6. The molecule has 6 rings (SSSR count). The topological polar surface area (TPSA) is 152 Å². The molecule has 51 heavy (non-hydrogen) atoms. The van der Waals surface area contributed by atoms with Crippen LogP contribution in [0.25, 0.3) is 0 Å². The molecule has 0 aliphatic carbocycles. The van der Waals surface area contributed by atoms with Gasteiger partial charge in [0.25, 0.3) is 11.8 Å². The van der Waals surface area contributed by atoms with Crippen LogP contribution in [-0.2, 0) is 19.2 Å². The first-order chi connectivity index (χ1) is 23.9. The minimum Gasteiger partial charge on any atom is -0.493 e. The molecule has 14 heteroatoms. The maximum absolute atomic E-state index is 13.4. The van der Waals surface area contributed by atoms with Gasteiger partial charge in [0.15, 0.2) is 34.6 Å². The quantitative estimate of drug-likeness (QED) is 0.361. The van der Waals surface area contributed by atoms with Crippen LogP contribution in [0.15, 0.2) is 24.3 Å². The normalized spacial score (nSPS) is 20.5. The number of ether oxygens (including phenoxy) is 4. The summed E-state index contributed by atoms with van der Waals surface area (Å²) in [5, 5.41) is 0. The van der Waals surface area contributed by atoms with Crippen LogP contribution in [0, 0.1) is 10.8 Å². The average molecular weight is 705 g/mol. The second-order valence-electron chi connectivity index (χ2n) is 15.3. The number of amides is 4. The van der Waals surface area contributed by atoms with E-state index in [2.05, 4.69) is 27.7 Å². The minimum absolute atomic E-state index is 0.00489. The van der Waals surface area contributed by atoms with Crippen molar-refractivity contribution in [2.24, 2.45) is 10.8 Å². The van der Waals surface area contributed by atoms with Gasteiger partial charge in [-0.15, -0.1) is 0 Å². The highest BCUT2D eigenvalue weighted by Crippen LogP contribution is 2.43. The Bertz CT molecular complexity index is 1720. The zero-order valence-electron chi connectivity index (χ0n) is 30.3. The van der Waals surface area contributed by atoms with Crippen LogP contribution in [-0.4, -0.2) is 112 Å². The van der Waals surface area contributed by atoms with E-state index in [1.165, 1.54) is 33.8 Å². The molecule has 0 bridgehead atoms. The lowest BCUT2D eigenvalue weighted by Gasteiger charge is -2.35. The van der Waals surface area contributed by atoms with E-state index in [1.807, 2.05) is 0 Å². The summed E-state index contributed by atoms with van der Waals surface area (Å²) < 4.78 is 23.9. The second-order valence-corrected chi connectivity index (χ2v) is 15.3. The zero-order valence-corrected chi connectivity index (χ0v) is 30.3. The molecule has 4 heterocycles. The molecule has 4 amide bonds. The summed E-state index contributed by atoms with van der Waals surface area (Å²) in [5.74, 6) is -0.385. The molecule has 2 fully saturated rings. The van der Waals surface area contributed by atoms with E-state index >= 15 is 0 Å². The van der Waals surface area contributed by atoms with E-state index in [9.17, 15) is 28.8 Å². The molecule has 272 valence electrons. The van der Waals surface area contributed by atoms with Gasteiger partial charge < -0.3 is 38.5 Å². The number of hydrogen-bond donors (Lipinski definition) is 0. The SMILES string of the molecule is COc1cc2c(cc1OCC(C)(C)CC(C)(C)COc1cc3c(cc1OC)C(=O)N1CC(=O)CC1C(=O)N3C)N(C)C(=O)C1CC(=O)CN1C2=O. The van der Waals surface area contributed by atoms with Crippen LogP contribution in [0.1, 0.15) is 67.7 Å². The van der Waals surface area contributed by atoms with Crippen LogP contribution < -0.4 is 28.7 Å². The van der Waals surface area contributed by atoms with Crippen LogP contribution in [0.2, 0.25) is 0 Å². The lowest BCUT2D eigenvalue weighted by molar-refractivity contribution is -0.123. The Labute approximate surface area is 296 Å². The van der Waals surface area contributed by atoms with Crippen molar-refractivity contribution in [3.05, 3.63) is 35.4 Å². The van der Waals surface area contributed by atoms with Gasteiger partial charge >= 0.3 is 0 Å². The highest BCUT2D eigenvalue weighted by molar-refractivity contribution is 6.15. The molecule has 0 saturated carbocycles. The second kappa shape index (κ2) is 12.9. The van der Waals surface area contributed by atoms with Crippen LogP contribution in [0.4, 0.5) is 11.4 Å². The number of nitrogens with zero attached hydrogens (tertiary/aromatic N) is 4. The number of likely N-dealkylation sites (N-methyl/N-ethyl adjacent to an activating group) is 2. The van der Waals surface area contributed by atoms with E-state index in [4.69, 9.17) is 18.9 Å². The van der Waals surface area contributed by atoms with Gasteiger partial charge in [-0.3, -0.25) is 28.8 Å². The van der Waals surface area contributed by atoms with Crippen molar-refractivity contribution in [1.29, 1.82) is 0 Å². The number of anilines is 2. The number of benzene rings is 2. The Morgan fingerprint density at radius 1 is 0.608 bits per heavy atom. The zero-order chi connectivity index (χ0) is 37.2. The Balaban J connectivity index is 1.16. The molecule has 0 aromatic heterocycles. The summed E-state index contributed by atoms with van der Waals surface area (Å²) in [4.78, 5) is 83.0. The first-order valence-electron chi connectivity index (χ1n) is 16.9. The lowest BCUT2D eigenvalue weighted by Crippen LogP contribution is -2.43. The van der Waals surface area contributed by atoms with E-state index in [0.29, 0.717) is 40.8 Å². The maximum atomic E-state index is 13.4. The van der Waals surface area contributed by atoms with Gasteiger partial charge in [-0.2, -0.15) is 0 Å². The van der Waals surface area contributed by atoms with E-state index in [0.717, 1.165) is 0 Å². The smallest absolute Gasteiger partial charge is 0.257 e. The maximum Gasteiger partial charge on any atom is 0.257 e. The number of methoxy groups -OCH3 is 2. The van der Waals surface area contributed by atoms with Crippen molar-refractivity contribution < 1.29 is 47.7 Å². The van der Waals surface area contributed by atoms with Crippen molar-refractivity contribution >= 4 is 46.6 Å². The van der Waals surface area contributed by atoms with Crippen molar-refractivity contribution in [3.63, 3.8) is 0 Å².